The van der Waals surface area contributed by atoms with E-state index in [1.54, 1.807) is 0 Å². The molecule has 0 saturated heterocycles. The lowest BCUT2D eigenvalue weighted by molar-refractivity contribution is 0.765. The summed E-state index contributed by atoms with van der Waals surface area (Å²) in [4.78, 5) is 4.71. The molecule has 0 saturated carbocycles. The topological polar surface area (TPSA) is 66.6 Å². The van der Waals surface area contributed by atoms with Crippen molar-refractivity contribution in [2.24, 2.45) is 4.99 Å². The minimum absolute atomic E-state index is 0.550. The molecule has 0 aliphatic heterocycles. The zero-order chi connectivity index (χ0) is 18.5. The first-order valence-electron chi connectivity index (χ1n) is 9.12. The molecule has 0 amide bonds. The minimum Gasteiger partial charge on any atom is -0.357 e. The molecule has 0 fully saturated rings. The molecule has 2 aromatic heterocycles. The number of fused-ring (bicyclic) bond motifs is 2. The summed E-state index contributed by atoms with van der Waals surface area (Å²) in [5.41, 5.74) is 2.02. The Morgan fingerprint density at radius 1 is 0.963 bits per heavy atom. The number of rotatable bonds is 5. The number of nitrogens with zero attached hydrogens (tertiary/aromatic N) is 4. The van der Waals surface area contributed by atoms with Gasteiger partial charge in [0.25, 0.3) is 0 Å². The van der Waals surface area contributed by atoms with Crippen LogP contribution >= 0.6 is 0 Å². The molecule has 4 rings (SSSR count). The molecule has 4 aromatic rings. The molecule has 0 atom stereocenters. The van der Waals surface area contributed by atoms with Crippen LogP contribution in [0.3, 0.4) is 0 Å². The van der Waals surface area contributed by atoms with Crippen molar-refractivity contribution < 1.29 is 0 Å². The Hall–Kier alpha value is -3.41. The predicted octanol–water partition coefficient (Wildman–Crippen LogP) is 3.14. The van der Waals surface area contributed by atoms with Crippen molar-refractivity contribution in [2.45, 2.75) is 20.0 Å². The first-order chi connectivity index (χ1) is 13.3. The Balaban J connectivity index is 1.47. The van der Waals surface area contributed by atoms with E-state index >= 15 is 0 Å². The highest BCUT2D eigenvalue weighted by atomic mass is 15.3. The number of pyridine rings is 1. The normalized spacial score (nSPS) is 11.8. The summed E-state index contributed by atoms with van der Waals surface area (Å²) >= 11 is 0. The van der Waals surface area contributed by atoms with Crippen LogP contribution in [-0.4, -0.2) is 27.1 Å². The molecule has 136 valence electrons. The van der Waals surface area contributed by atoms with Gasteiger partial charge in [0.2, 0.25) is 0 Å². The molecule has 2 N–H and O–H groups in total. The van der Waals surface area contributed by atoms with E-state index in [-0.39, 0.29) is 0 Å². The van der Waals surface area contributed by atoms with Crippen LogP contribution in [0, 0.1) is 0 Å². The fraction of sp³-hybridized carbons (Fsp3) is 0.190. The fourth-order valence-electron chi connectivity index (χ4n) is 3.02. The van der Waals surface area contributed by atoms with Crippen LogP contribution in [0.5, 0.6) is 0 Å². The van der Waals surface area contributed by atoms with Gasteiger partial charge in [0, 0.05) is 12.7 Å². The van der Waals surface area contributed by atoms with Gasteiger partial charge >= 0.3 is 0 Å². The van der Waals surface area contributed by atoms with Gasteiger partial charge in [-0.3, -0.25) is 4.40 Å². The average molecular weight is 358 g/mol. The third-order valence-corrected chi connectivity index (χ3v) is 4.38. The summed E-state index contributed by atoms with van der Waals surface area (Å²) in [6.07, 6.45) is 1.96. The molecule has 0 aliphatic carbocycles. The molecule has 27 heavy (non-hydrogen) atoms. The number of aromatic nitrogens is 3. The lowest BCUT2D eigenvalue weighted by atomic mass is 10.1. The molecule has 0 bridgehead atoms. The maximum Gasteiger partial charge on any atom is 0.191 e. The van der Waals surface area contributed by atoms with Crippen molar-refractivity contribution in [3.8, 4) is 0 Å². The van der Waals surface area contributed by atoms with E-state index in [4.69, 9.17) is 4.99 Å². The number of guanidine groups is 1. The van der Waals surface area contributed by atoms with Crippen LogP contribution in [0.15, 0.2) is 71.9 Å². The quantitative estimate of drug-likeness (QED) is 0.425. The Morgan fingerprint density at radius 2 is 1.81 bits per heavy atom. The largest absolute Gasteiger partial charge is 0.357 e. The SMILES string of the molecule is CCNC(=NCc1ccc2ccccc2c1)NCc1nnc2ccccn12. The Morgan fingerprint density at radius 3 is 2.70 bits per heavy atom. The van der Waals surface area contributed by atoms with Gasteiger partial charge in [-0.05, 0) is 41.5 Å². The second-order valence-corrected chi connectivity index (χ2v) is 6.28. The van der Waals surface area contributed by atoms with Crippen LogP contribution in [-0.2, 0) is 13.1 Å². The highest BCUT2D eigenvalue weighted by Crippen LogP contribution is 2.16. The summed E-state index contributed by atoms with van der Waals surface area (Å²) in [6.45, 7) is 4.01. The summed E-state index contributed by atoms with van der Waals surface area (Å²) in [7, 11) is 0. The summed E-state index contributed by atoms with van der Waals surface area (Å²) < 4.78 is 1.97. The third-order valence-electron chi connectivity index (χ3n) is 4.38. The van der Waals surface area contributed by atoms with Crippen molar-refractivity contribution in [1.29, 1.82) is 0 Å². The summed E-state index contributed by atoms with van der Waals surface area (Å²) in [5, 5.41) is 17.5. The van der Waals surface area contributed by atoms with Gasteiger partial charge in [0.15, 0.2) is 17.4 Å². The number of aliphatic imine (C=N–C) groups is 1. The third kappa shape index (κ3) is 3.89. The van der Waals surface area contributed by atoms with Gasteiger partial charge in [-0.1, -0.05) is 42.5 Å². The van der Waals surface area contributed by atoms with Gasteiger partial charge in [0.05, 0.1) is 13.1 Å². The molecular weight excluding hydrogens is 336 g/mol. The zero-order valence-corrected chi connectivity index (χ0v) is 15.3. The van der Waals surface area contributed by atoms with Crippen LogP contribution in [0.2, 0.25) is 0 Å². The Bertz CT molecular complexity index is 1080. The first kappa shape index (κ1) is 17.0. The molecule has 0 radical (unpaired) electrons. The van der Waals surface area contributed by atoms with Crippen LogP contribution in [0.1, 0.15) is 18.3 Å². The highest BCUT2D eigenvalue weighted by Gasteiger charge is 2.05. The van der Waals surface area contributed by atoms with Gasteiger partial charge in [-0.25, -0.2) is 4.99 Å². The highest BCUT2D eigenvalue weighted by molar-refractivity contribution is 5.83. The molecule has 2 aromatic carbocycles. The summed E-state index contributed by atoms with van der Waals surface area (Å²) in [6, 6.07) is 20.7. The van der Waals surface area contributed by atoms with Gasteiger partial charge < -0.3 is 10.6 Å². The number of nitrogens with one attached hydrogen (secondary N) is 2. The van der Waals surface area contributed by atoms with E-state index in [1.165, 1.54) is 16.3 Å². The minimum atomic E-state index is 0.550. The van der Waals surface area contributed by atoms with E-state index in [0.29, 0.717) is 13.1 Å². The second kappa shape index (κ2) is 7.86. The first-order valence-corrected chi connectivity index (χ1v) is 9.12. The monoisotopic (exact) mass is 358 g/mol. The lowest BCUT2D eigenvalue weighted by Crippen LogP contribution is -2.37. The van der Waals surface area contributed by atoms with E-state index in [0.717, 1.165) is 24.0 Å². The Labute approximate surface area is 158 Å². The van der Waals surface area contributed by atoms with Gasteiger partial charge in [0.1, 0.15) is 0 Å². The second-order valence-electron chi connectivity index (χ2n) is 6.28. The Kier molecular flexibility index (Phi) is 4.96. The molecule has 6 heteroatoms. The maximum absolute atomic E-state index is 4.71. The fourth-order valence-corrected chi connectivity index (χ4v) is 3.02. The standard InChI is InChI=1S/C21H22N6/c1-2-22-21(24-15-20-26-25-19-9-5-6-12-27(19)20)23-14-16-10-11-17-7-3-4-8-18(17)13-16/h3-13H,2,14-15H2,1H3,(H2,22,23,24). The predicted molar refractivity (Wildman–Crippen MR) is 109 cm³/mol. The maximum atomic E-state index is 4.71. The van der Waals surface area contributed by atoms with Gasteiger partial charge in [-0.15, -0.1) is 10.2 Å². The van der Waals surface area contributed by atoms with Crippen molar-refractivity contribution in [3.63, 3.8) is 0 Å². The van der Waals surface area contributed by atoms with Crippen LogP contribution < -0.4 is 10.6 Å². The number of benzene rings is 2. The van der Waals surface area contributed by atoms with E-state index in [1.807, 2.05) is 28.8 Å². The lowest BCUT2D eigenvalue weighted by Gasteiger charge is -2.11. The van der Waals surface area contributed by atoms with E-state index in [2.05, 4.69) is 70.2 Å². The number of hydrogen-bond donors (Lipinski definition) is 2. The molecule has 6 nitrogen and oxygen atoms in total. The smallest absolute Gasteiger partial charge is 0.191 e. The van der Waals surface area contributed by atoms with Gasteiger partial charge in [-0.2, -0.15) is 0 Å². The average Bonchev–Trinajstić information content (AvgIpc) is 3.13. The zero-order valence-electron chi connectivity index (χ0n) is 15.3. The van der Waals surface area contributed by atoms with Crippen molar-refractivity contribution >= 4 is 22.4 Å². The van der Waals surface area contributed by atoms with E-state index < -0.39 is 0 Å². The van der Waals surface area contributed by atoms with Crippen molar-refractivity contribution in [2.75, 3.05) is 6.54 Å². The van der Waals surface area contributed by atoms with Crippen LogP contribution in [0.4, 0.5) is 0 Å². The van der Waals surface area contributed by atoms with Crippen molar-refractivity contribution in [3.05, 3.63) is 78.2 Å². The molecule has 0 aliphatic rings. The van der Waals surface area contributed by atoms with Crippen molar-refractivity contribution in [1.82, 2.24) is 25.2 Å². The molecule has 0 spiro atoms. The molecular formula is C21H22N6. The summed E-state index contributed by atoms with van der Waals surface area (Å²) in [5.74, 6) is 1.61. The molecule has 2 heterocycles. The number of hydrogen-bond acceptors (Lipinski definition) is 3. The molecule has 0 unspecified atom stereocenters. The van der Waals surface area contributed by atoms with E-state index in [9.17, 15) is 0 Å². The van der Waals surface area contributed by atoms with Crippen LogP contribution in [0.25, 0.3) is 16.4 Å².